The number of amides is 1. The Morgan fingerprint density at radius 1 is 0.897 bits per heavy atom. The number of nitrogens with one attached hydrogen (secondary N) is 1. The summed E-state index contributed by atoms with van der Waals surface area (Å²) in [5.74, 6) is -0.862. The Bertz CT molecular complexity index is 831. The molecule has 1 atom stereocenters. The molecule has 156 valence electrons. The molecule has 1 amide bonds. The van der Waals surface area contributed by atoms with Crippen LogP contribution in [0, 0.1) is 0 Å². The number of carbonyl (C=O) groups excluding carboxylic acids is 1. The van der Waals surface area contributed by atoms with Crippen LogP contribution in [-0.2, 0) is 12.4 Å². The highest BCUT2D eigenvalue weighted by molar-refractivity contribution is 5.95. The fourth-order valence-corrected chi connectivity index (χ4v) is 3.38. The number of rotatable bonds is 2. The number of hydrogen-bond donors (Lipinski definition) is 1. The third-order valence-electron chi connectivity index (χ3n) is 4.78. The predicted octanol–water partition coefficient (Wildman–Crippen LogP) is 4.90. The first-order chi connectivity index (χ1) is 13.6. The quantitative estimate of drug-likeness (QED) is 0.707. The molecule has 1 saturated heterocycles. The minimum atomic E-state index is -5.00. The van der Waals surface area contributed by atoms with Crippen molar-refractivity contribution in [1.82, 2.24) is 10.2 Å². The highest BCUT2D eigenvalue weighted by Crippen LogP contribution is 2.37. The van der Waals surface area contributed by atoms with Gasteiger partial charge in [-0.1, -0.05) is 30.3 Å². The summed E-state index contributed by atoms with van der Waals surface area (Å²) in [6, 6.07) is 9.42. The van der Waals surface area contributed by atoms with E-state index in [9.17, 15) is 31.1 Å². The van der Waals surface area contributed by atoms with Crippen LogP contribution in [0.2, 0.25) is 0 Å². The minimum absolute atomic E-state index is 0.0233. The van der Waals surface area contributed by atoms with Crippen LogP contribution in [0.1, 0.15) is 39.5 Å². The van der Waals surface area contributed by atoms with Gasteiger partial charge in [0, 0.05) is 18.7 Å². The first kappa shape index (κ1) is 21.2. The van der Waals surface area contributed by atoms with E-state index in [0.29, 0.717) is 31.6 Å². The Labute approximate surface area is 163 Å². The Hall–Kier alpha value is -2.55. The molecule has 3 rings (SSSR count). The molecule has 1 heterocycles. The molecule has 9 heteroatoms. The fourth-order valence-electron chi connectivity index (χ4n) is 3.38. The maximum atomic E-state index is 13.1. The van der Waals surface area contributed by atoms with Crippen LogP contribution in [0.25, 0.3) is 0 Å². The molecule has 1 aliphatic rings. The summed E-state index contributed by atoms with van der Waals surface area (Å²) in [4.78, 5) is 14.4. The van der Waals surface area contributed by atoms with Gasteiger partial charge in [-0.25, -0.2) is 0 Å². The van der Waals surface area contributed by atoms with E-state index in [1.807, 2.05) is 0 Å². The lowest BCUT2D eigenvalue weighted by Crippen LogP contribution is -2.37. The van der Waals surface area contributed by atoms with E-state index in [4.69, 9.17) is 0 Å². The summed E-state index contributed by atoms with van der Waals surface area (Å²) in [6.45, 7) is 1.12. The molecule has 29 heavy (non-hydrogen) atoms. The van der Waals surface area contributed by atoms with E-state index in [1.54, 1.807) is 30.3 Å². The number of halogens is 6. The SMILES string of the molecule is O=C(c1cc(C(F)(F)F)cc(C(F)(F)F)c1)N1CCNCCC1c1ccccc1. The number of benzene rings is 2. The van der Waals surface area contributed by atoms with E-state index >= 15 is 0 Å². The molecule has 0 spiro atoms. The van der Waals surface area contributed by atoms with Gasteiger partial charge in [0.05, 0.1) is 17.2 Å². The van der Waals surface area contributed by atoms with Crippen LogP contribution >= 0.6 is 0 Å². The average Bonchev–Trinajstić information content (AvgIpc) is 2.92. The Kier molecular flexibility index (Phi) is 5.88. The molecule has 0 aromatic heterocycles. The predicted molar refractivity (Wildman–Crippen MR) is 94.2 cm³/mol. The van der Waals surface area contributed by atoms with Gasteiger partial charge in [-0.3, -0.25) is 4.79 Å². The van der Waals surface area contributed by atoms with E-state index in [-0.39, 0.29) is 12.6 Å². The van der Waals surface area contributed by atoms with Crippen molar-refractivity contribution in [1.29, 1.82) is 0 Å². The van der Waals surface area contributed by atoms with Crippen molar-refractivity contribution in [2.45, 2.75) is 24.8 Å². The summed E-state index contributed by atoms with van der Waals surface area (Å²) >= 11 is 0. The summed E-state index contributed by atoms with van der Waals surface area (Å²) < 4.78 is 78.9. The van der Waals surface area contributed by atoms with Crippen LogP contribution in [0.5, 0.6) is 0 Å². The third-order valence-corrected chi connectivity index (χ3v) is 4.78. The van der Waals surface area contributed by atoms with Crippen molar-refractivity contribution in [3.63, 3.8) is 0 Å². The highest BCUT2D eigenvalue weighted by Gasteiger charge is 2.38. The summed E-state index contributed by atoms with van der Waals surface area (Å²) in [6.07, 6.45) is -9.52. The molecule has 1 fully saturated rings. The second kappa shape index (κ2) is 8.06. The third kappa shape index (κ3) is 4.90. The van der Waals surface area contributed by atoms with Crippen molar-refractivity contribution in [3.05, 3.63) is 70.8 Å². The number of carbonyl (C=O) groups is 1. The Morgan fingerprint density at radius 2 is 1.48 bits per heavy atom. The molecule has 0 aliphatic carbocycles. The van der Waals surface area contributed by atoms with Crippen LogP contribution in [0.15, 0.2) is 48.5 Å². The van der Waals surface area contributed by atoms with Gasteiger partial charge in [0.2, 0.25) is 0 Å². The van der Waals surface area contributed by atoms with Gasteiger partial charge in [0.15, 0.2) is 0 Å². The minimum Gasteiger partial charge on any atom is -0.330 e. The molecular formula is C20H18F6N2O. The summed E-state index contributed by atoms with van der Waals surface area (Å²) in [7, 11) is 0. The second-order valence-corrected chi connectivity index (χ2v) is 6.76. The molecule has 1 unspecified atom stereocenters. The lowest BCUT2D eigenvalue weighted by atomic mass is 9.99. The molecule has 1 aliphatic heterocycles. The maximum absolute atomic E-state index is 13.1. The number of nitrogens with zero attached hydrogens (tertiary/aromatic N) is 1. The van der Waals surface area contributed by atoms with Gasteiger partial charge in [0.25, 0.3) is 5.91 Å². The van der Waals surface area contributed by atoms with Gasteiger partial charge in [-0.15, -0.1) is 0 Å². The second-order valence-electron chi connectivity index (χ2n) is 6.76. The van der Waals surface area contributed by atoms with Gasteiger partial charge in [-0.2, -0.15) is 26.3 Å². The van der Waals surface area contributed by atoms with Crippen molar-refractivity contribution in [3.8, 4) is 0 Å². The van der Waals surface area contributed by atoms with Gasteiger partial charge in [0.1, 0.15) is 0 Å². The average molecular weight is 416 g/mol. The molecule has 3 nitrogen and oxygen atoms in total. The van der Waals surface area contributed by atoms with Crippen molar-refractivity contribution in [2.24, 2.45) is 0 Å². The zero-order valence-corrected chi connectivity index (χ0v) is 15.1. The largest absolute Gasteiger partial charge is 0.416 e. The van der Waals surface area contributed by atoms with E-state index in [1.165, 1.54) is 4.90 Å². The van der Waals surface area contributed by atoms with Crippen molar-refractivity contribution < 1.29 is 31.1 Å². The van der Waals surface area contributed by atoms with Crippen LogP contribution < -0.4 is 5.32 Å². The van der Waals surface area contributed by atoms with Crippen molar-refractivity contribution >= 4 is 5.91 Å². The van der Waals surface area contributed by atoms with Gasteiger partial charge >= 0.3 is 12.4 Å². The monoisotopic (exact) mass is 416 g/mol. The molecule has 1 N–H and O–H groups in total. The van der Waals surface area contributed by atoms with E-state index in [2.05, 4.69) is 5.32 Å². The fraction of sp³-hybridized carbons (Fsp3) is 0.350. The topological polar surface area (TPSA) is 32.3 Å². The smallest absolute Gasteiger partial charge is 0.330 e. The Morgan fingerprint density at radius 3 is 2.03 bits per heavy atom. The Balaban J connectivity index is 2.05. The molecule has 2 aromatic rings. The number of alkyl halides is 6. The zero-order chi connectivity index (χ0) is 21.2. The van der Waals surface area contributed by atoms with Crippen LogP contribution in [0.3, 0.4) is 0 Å². The maximum Gasteiger partial charge on any atom is 0.416 e. The first-order valence-corrected chi connectivity index (χ1v) is 8.93. The first-order valence-electron chi connectivity index (χ1n) is 8.93. The highest BCUT2D eigenvalue weighted by atomic mass is 19.4. The lowest BCUT2D eigenvalue weighted by molar-refractivity contribution is -0.143. The molecule has 0 saturated carbocycles. The lowest BCUT2D eigenvalue weighted by Gasteiger charge is -2.30. The molecule has 0 radical (unpaired) electrons. The summed E-state index contributed by atoms with van der Waals surface area (Å²) in [5.41, 5.74) is -2.86. The van der Waals surface area contributed by atoms with Crippen LogP contribution in [-0.4, -0.2) is 30.4 Å². The standard InChI is InChI=1S/C20H18F6N2O/c21-19(22,23)15-10-14(11-16(12-15)20(24,25)26)18(29)28-9-8-27-7-6-17(28)13-4-2-1-3-5-13/h1-5,10-12,17,27H,6-9H2. The molecule has 0 bridgehead atoms. The van der Waals surface area contributed by atoms with Crippen LogP contribution in [0.4, 0.5) is 26.3 Å². The van der Waals surface area contributed by atoms with E-state index < -0.39 is 41.0 Å². The van der Waals surface area contributed by atoms with Crippen molar-refractivity contribution in [2.75, 3.05) is 19.6 Å². The normalized spacial score (nSPS) is 18.4. The molecular weight excluding hydrogens is 398 g/mol. The molecule has 2 aromatic carbocycles. The van der Waals surface area contributed by atoms with E-state index in [0.717, 1.165) is 5.56 Å². The summed E-state index contributed by atoms with van der Waals surface area (Å²) in [5, 5.41) is 3.10. The zero-order valence-electron chi connectivity index (χ0n) is 15.1. The number of hydrogen-bond acceptors (Lipinski definition) is 2. The van der Waals surface area contributed by atoms with Gasteiger partial charge < -0.3 is 10.2 Å². The van der Waals surface area contributed by atoms with Gasteiger partial charge in [-0.05, 0) is 36.7 Å².